The van der Waals surface area contributed by atoms with Crippen LogP contribution >= 0.6 is 11.3 Å². The van der Waals surface area contributed by atoms with Crippen LogP contribution in [0.3, 0.4) is 0 Å². The monoisotopic (exact) mass is 327 g/mol. The highest BCUT2D eigenvalue weighted by Crippen LogP contribution is 2.11. The molecule has 0 aliphatic carbocycles. The van der Waals surface area contributed by atoms with Crippen LogP contribution in [0.5, 0.6) is 0 Å². The maximum absolute atomic E-state index is 12.2. The Balaban J connectivity index is 3.16. The van der Waals surface area contributed by atoms with Crippen molar-refractivity contribution in [2.24, 2.45) is 4.99 Å². The minimum atomic E-state index is -0.747. The topological polar surface area (TPSA) is 69.9 Å². The van der Waals surface area contributed by atoms with Crippen molar-refractivity contribution in [1.82, 2.24) is 4.57 Å². The molecule has 0 fully saturated rings. The van der Waals surface area contributed by atoms with Crippen LogP contribution in [-0.2, 0) is 15.9 Å². The van der Waals surface area contributed by atoms with E-state index in [4.69, 9.17) is 9.47 Å². The zero-order valence-electron chi connectivity index (χ0n) is 14.1. The number of amides is 1. The van der Waals surface area contributed by atoms with Gasteiger partial charge >= 0.3 is 12.2 Å². The number of thiazole rings is 1. The molecule has 1 radical (unpaired) electrons. The molecule has 123 valence electrons. The highest BCUT2D eigenvalue weighted by Gasteiger charge is 2.21. The lowest BCUT2D eigenvalue weighted by atomic mass is 10.2. The zero-order valence-corrected chi connectivity index (χ0v) is 15.0. The molecular weight excluding hydrogens is 304 g/mol. The molecule has 0 spiro atoms. The second-order valence-electron chi connectivity index (χ2n) is 6.68. The van der Waals surface area contributed by atoms with E-state index in [-0.39, 0.29) is 4.80 Å². The molecule has 1 rings (SSSR count). The van der Waals surface area contributed by atoms with Crippen LogP contribution in [0.4, 0.5) is 9.59 Å². The van der Waals surface area contributed by atoms with E-state index in [0.29, 0.717) is 6.42 Å². The number of hydrogen-bond acceptors (Lipinski definition) is 5. The number of aryl methyl sites for hydroxylation is 1. The van der Waals surface area contributed by atoms with Crippen molar-refractivity contribution in [2.45, 2.75) is 66.1 Å². The Morgan fingerprint density at radius 2 is 1.68 bits per heavy atom. The quantitative estimate of drug-likeness (QED) is 0.791. The van der Waals surface area contributed by atoms with E-state index in [0.717, 1.165) is 9.44 Å². The van der Waals surface area contributed by atoms with Crippen LogP contribution < -0.4 is 4.80 Å². The van der Waals surface area contributed by atoms with E-state index < -0.39 is 23.4 Å². The summed E-state index contributed by atoms with van der Waals surface area (Å²) in [5.41, 5.74) is -1.29. The second kappa shape index (κ2) is 6.64. The molecule has 0 unspecified atom stereocenters. The van der Waals surface area contributed by atoms with Crippen LogP contribution in [0.1, 0.15) is 53.3 Å². The fraction of sp³-hybridized carbons (Fsp3) is 0.667. The molecule has 0 saturated heterocycles. The molecule has 1 heterocycles. The molecule has 0 saturated carbocycles. The Labute approximate surface area is 134 Å². The molecule has 0 aliphatic rings. The van der Waals surface area contributed by atoms with Gasteiger partial charge in [-0.3, -0.25) is 0 Å². The average molecular weight is 327 g/mol. The lowest BCUT2D eigenvalue weighted by molar-refractivity contribution is 0.0528. The molecule has 6 nitrogen and oxygen atoms in total. The third kappa shape index (κ3) is 6.01. The summed E-state index contributed by atoms with van der Waals surface area (Å²) in [6.45, 7) is 12.5. The van der Waals surface area contributed by atoms with Gasteiger partial charge in [-0.05, 0) is 48.0 Å². The van der Waals surface area contributed by atoms with Crippen LogP contribution in [0.15, 0.2) is 4.99 Å². The van der Waals surface area contributed by atoms with Gasteiger partial charge < -0.3 is 9.47 Å². The summed E-state index contributed by atoms with van der Waals surface area (Å²) in [6, 6.07) is 0. The van der Waals surface area contributed by atoms with Crippen molar-refractivity contribution in [3.05, 3.63) is 15.9 Å². The molecule has 0 atom stereocenters. The highest BCUT2D eigenvalue weighted by molar-refractivity contribution is 7.09. The summed E-state index contributed by atoms with van der Waals surface area (Å²) >= 11 is 1.21. The van der Waals surface area contributed by atoms with Gasteiger partial charge in [0, 0.05) is 4.88 Å². The summed E-state index contributed by atoms with van der Waals surface area (Å²) in [5.74, 6) is 0. The lowest BCUT2D eigenvalue weighted by Crippen LogP contribution is -2.32. The molecule has 0 N–H and O–H groups in total. The van der Waals surface area contributed by atoms with Crippen molar-refractivity contribution < 1.29 is 19.1 Å². The predicted octanol–water partition coefficient (Wildman–Crippen LogP) is 3.53. The Morgan fingerprint density at radius 1 is 1.14 bits per heavy atom. The number of ether oxygens (including phenoxy) is 2. The van der Waals surface area contributed by atoms with E-state index in [1.165, 1.54) is 11.3 Å². The normalized spacial score (nSPS) is 13.1. The van der Waals surface area contributed by atoms with Crippen LogP contribution in [0, 0.1) is 6.20 Å². The first-order valence-electron chi connectivity index (χ1n) is 7.06. The van der Waals surface area contributed by atoms with Crippen LogP contribution in [-0.4, -0.2) is 28.0 Å². The first-order chi connectivity index (χ1) is 9.91. The first kappa shape index (κ1) is 18.4. The van der Waals surface area contributed by atoms with Crippen LogP contribution in [0.2, 0.25) is 0 Å². The fourth-order valence-electron chi connectivity index (χ4n) is 1.37. The molecular formula is C15H23N2O4S. The van der Waals surface area contributed by atoms with Crippen molar-refractivity contribution >= 4 is 23.5 Å². The van der Waals surface area contributed by atoms with E-state index in [9.17, 15) is 9.59 Å². The highest BCUT2D eigenvalue weighted by atomic mass is 32.1. The first-order valence-corrected chi connectivity index (χ1v) is 7.88. The largest absolute Gasteiger partial charge is 0.443 e. The number of nitrogens with zero attached hydrogens (tertiary/aromatic N) is 2. The lowest BCUT2D eigenvalue weighted by Gasteiger charge is -2.19. The second-order valence-corrected chi connectivity index (χ2v) is 7.74. The molecule has 1 amide bonds. The van der Waals surface area contributed by atoms with E-state index in [1.54, 1.807) is 41.5 Å². The van der Waals surface area contributed by atoms with E-state index in [2.05, 4.69) is 11.2 Å². The standard InChI is InChI=1S/C15H23N2O4S/c1-8-10-9-17(13(19)21-15(5,6)7)11(22-10)16-12(18)20-14(2,3)4/h8H2,1-7H3. The van der Waals surface area contributed by atoms with E-state index >= 15 is 0 Å². The summed E-state index contributed by atoms with van der Waals surface area (Å²) in [4.78, 5) is 28.9. The van der Waals surface area contributed by atoms with Gasteiger partial charge in [-0.2, -0.15) is 0 Å². The smallest absolute Gasteiger partial charge is 0.436 e. The van der Waals surface area contributed by atoms with Gasteiger partial charge in [0.1, 0.15) is 11.2 Å². The van der Waals surface area contributed by atoms with Gasteiger partial charge in [0.15, 0.2) is 0 Å². The zero-order chi connectivity index (χ0) is 17.1. The minimum Gasteiger partial charge on any atom is -0.443 e. The summed E-state index contributed by atoms with van der Waals surface area (Å²) < 4.78 is 11.6. The SMILES string of the molecule is CCc1[c]n(C(=O)OC(C)(C)C)c(=NC(=O)OC(C)(C)C)s1. The van der Waals surface area contributed by atoms with Crippen molar-refractivity contribution in [3.63, 3.8) is 0 Å². The third-order valence-electron chi connectivity index (χ3n) is 2.12. The minimum absolute atomic E-state index is 0.195. The van der Waals surface area contributed by atoms with Gasteiger partial charge in [0.05, 0.1) is 6.20 Å². The van der Waals surface area contributed by atoms with Gasteiger partial charge in [-0.1, -0.05) is 6.92 Å². The molecule has 0 aromatic carbocycles. The van der Waals surface area contributed by atoms with Gasteiger partial charge in [0.25, 0.3) is 0 Å². The number of carbonyl (C=O) groups excluding carboxylic acids is 2. The van der Waals surface area contributed by atoms with Gasteiger partial charge in [0.2, 0.25) is 4.80 Å². The summed E-state index contributed by atoms with van der Waals surface area (Å²) in [6.07, 6.45) is 2.19. The maximum atomic E-state index is 12.2. The maximum Gasteiger partial charge on any atom is 0.436 e. The number of aromatic nitrogens is 1. The summed E-state index contributed by atoms with van der Waals surface area (Å²) in [5, 5.41) is 0. The van der Waals surface area contributed by atoms with Crippen molar-refractivity contribution in [1.29, 1.82) is 0 Å². The van der Waals surface area contributed by atoms with Crippen molar-refractivity contribution in [2.75, 3.05) is 0 Å². The van der Waals surface area contributed by atoms with Crippen LogP contribution in [0.25, 0.3) is 0 Å². The molecule has 1 aromatic heterocycles. The van der Waals surface area contributed by atoms with E-state index in [1.807, 2.05) is 6.92 Å². The Bertz CT molecular complexity index is 615. The molecule has 7 heteroatoms. The third-order valence-corrected chi connectivity index (χ3v) is 3.20. The number of hydrogen-bond donors (Lipinski definition) is 0. The number of rotatable bonds is 1. The van der Waals surface area contributed by atoms with Gasteiger partial charge in [-0.15, -0.1) is 16.3 Å². The molecule has 22 heavy (non-hydrogen) atoms. The summed E-state index contributed by atoms with van der Waals surface area (Å²) in [7, 11) is 0. The molecule has 0 bridgehead atoms. The van der Waals surface area contributed by atoms with Gasteiger partial charge in [-0.25, -0.2) is 14.2 Å². The Kier molecular flexibility index (Phi) is 5.56. The molecule has 1 aromatic rings. The predicted molar refractivity (Wildman–Crippen MR) is 84.0 cm³/mol. The fourth-order valence-corrected chi connectivity index (χ4v) is 2.20. The average Bonchev–Trinajstić information content (AvgIpc) is 2.67. The van der Waals surface area contributed by atoms with Crippen molar-refractivity contribution in [3.8, 4) is 0 Å². The Hall–Kier alpha value is -1.63. The molecule has 0 aliphatic heterocycles. The Morgan fingerprint density at radius 3 is 2.14 bits per heavy atom. The number of carbonyl (C=O) groups is 2.